The standard InChI is InChI=1S/C19H22N4/c1-2-4-16(5-3-1)8-9-22-10-12-23(13-11-22)17-6-7-18-19(14-17)21-15-20-18/h1-7,14-15H,8-13H2,(H,20,21). The number of imidazole rings is 1. The fourth-order valence-corrected chi connectivity index (χ4v) is 3.28. The van der Waals surface area contributed by atoms with Gasteiger partial charge in [0.2, 0.25) is 0 Å². The average Bonchev–Trinajstić information content (AvgIpc) is 3.09. The molecule has 4 nitrogen and oxygen atoms in total. The first kappa shape index (κ1) is 14.3. The van der Waals surface area contributed by atoms with Crippen molar-refractivity contribution in [3.05, 3.63) is 60.4 Å². The van der Waals surface area contributed by atoms with Gasteiger partial charge in [0.25, 0.3) is 0 Å². The number of nitrogens with zero attached hydrogens (tertiary/aromatic N) is 3. The third kappa shape index (κ3) is 3.22. The molecule has 0 spiro atoms. The van der Waals surface area contributed by atoms with Crippen molar-refractivity contribution >= 4 is 16.7 Å². The maximum Gasteiger partial charge on any atom is 0.0931 e. The Morgan fingerprint density at radius 3 is 2.61 bits per heavy atom. The molecule has 0 bridgehead atoms. The van der Waals surface area contributed by atoms with Gasteiger partial charge in [0.15, 0.2) is 0 Å². The van der Waals surface area contributed by atoms with E-state index in [0.717, 1.165) is 50.2 Å². The van der Waals surface area contributed by atoms with E-state index in [1.807, 2.05) is 0 Å². The quantitative estimate of drug-likeness (QED) is 0.805. The largest absolute Gasteiger partial charge is 0.369 e. The Balaban J connectivity index is 1.33. The number of nitrogens with one attached hydrogen (secondary N) is 1. The number of H-pyrrole nitrogens is 1. The summed E-state index contributed by atoms with van der Waals surface area (Å²) in [6.07, 6.45) is 2.90. The van der Waals surface area contributed by atoms with E-state index >= 15 is 0 Å². The van der Waals surface area contributed by atoms with Crippen LogP contribution in [0.5, 0.6) is 0 Å². The highest BCUT2D eigenvalue weighted by Crippen LogP contribution is 2.21. The molecule has 0 amide bonds. The van der Waals surface area contributed by atoms with Gasteiger partial charge in [-0.25, -0.2) is 4.98 Å². The van der Waals surface area contributed by atoms with Gasteiger partial charge in [0.1, 0.15) is 0 Å². The normalized spacial score (nSPS) is 16.1. The zero-order valence-corrected chi connectivity index (χ0v) is 13.3. The van der Waals surface area contributed by atoms with Crippen molar-refractivity contribution in [3.8, 4) is 0 Å². The van der Waals surface area contributed by atoms with Crippen molar-refractivity contribution in [3.63, 3.8) is 0 Å². The maximum absolute atomic E-state index is 4.29. The zero-order chi connectivity index (χ0) is 15.5. The fraction of sp³-hybridized carbons (Fsp3) is 0.316. The van der Waals surface area contributed by atoms with Crippen molar-refractivity contribution < 1.29 is 0 Å². The minimum absolute atomic E-state index is 1.04. The number of aromatic nitrogens is 2. The number of anilines is 1. The molecule has 4 heteroatoms. The van der Waals surface area contributed by atoms with Crippen LogP contribution in [0.15, 0.2) is 54.9 Å². The van der Waals surface area contributed by atoms with E-state index in [1.54, 1.807) is 6.33 Å². The molecule has 1 fully saturated rings. The highest BCUT2D eigenvalue weighted by Gasteiger charge is 2.17. The minimum Gasteiger partial charge on any atom is -0.369 e. The van der Waals surface area contributed by atoms with Crippen molar-refractivity contribution in [1.29, 1.82) is 0 Å². The molecular formula is C19H22N4. The van der Waals surface area contributed by atoms with Crippen LogP contribution in [0.25, 0.3) is 11.0 Å². The first-order valence-electron chi connectivity index (χ1n) is 8.33. The van der Waals surface area contributed by atoms with Gasteiger partial charge >= 0.3 is 0 Å². The Morgan fingerprint density at radius 2 is 1.78 bits per heavy atom. The van der Waals surface area contributed by atoms with E-state index in [-0.39, 0.29) is 0 Å². The van der Waals surface area contributed by atoms with Gasteiger partial charge in [-0.2, -0.15) is 0 Å². The van der Waals surface area contributed by atoms with Crippen molar-refractivity contribution in [1.82, 2.24) is 14.9 Å². The molecule has 0 unspecified atom stereocenters. The monoisotopic (exact) mass is 306 g/mol. The second kappa shape index (κ2) is 6.42. The Labute approximate surface area is 136 Å². The predicted molar refractivity (Wildman–Crippen MR) is 94.9 cm³/mol. The topological polar surface area (TPSA) is 35.2 Å². The van der Waals surface area contributed by atoms with Crippen LogP contribution in [0, 0.1) is 0 Å². The van der Waals surface area contributed by atoms with E-state index in [9.17, 15) is 0 Å². The molecule has 1 aromatic heterocycles. The summed E-state index contributed by atoms with van der Waals surface area (Å²) >= 11 is 0. The van der Waals surface area contributed by atoms with Gasteiger partial charge in [0, 0.05) is 38.4 Å². The molecule has 1 N–H and O–H groups in total. The number of hydrogen-bond donors (Lipinski definition) is 1. The number of hydrogen-bond acceptors (Lipinski definition) is 3. The molecule has 0 aliphatic carbocycles. The summed E-state index contributed by atoms with van der Waals surface area (Å²) < 4.78 is 0. The van der Waals surface area contributed by atoms with Crippen LogP contribution in [0.3, 0.4) is 0 Å². The molecule has 0 saturated carbocycles. The first-order valence-corrected chi connectivity index (χ1v) is 8.33. The first-order chi connectivity index (χ1) is 11.4. The second-order valence-corrected chi connectivity index (χ2v) is 6.17. The SMILES string of the molecule is c1ccc(CCN2CCN(c3ccc4nc[nH]c4c3)CC2)cc1. The molecular weight excluding hydrogens is 284 g/mol. The van der Waals surface area contributed by atoms with Gasteiger partial charge in [-0.15, -0.1) is 0 Å². The Morgan fingerprint density at radius 1 is 0.957 bits per heavy atom. The summed E-state index contributed by atoms with van der Waals surface area (Å²) in [7, 11) is 0. The lowest BCUT2D eigenvalue weighted by Crippen LogP contribution is -2.47. The molecule has 3 aromatic rings. The van der Waals surface area contributed by atoms with E-state index in [2.05, 4.69) is 68.3 Å². The van der Waals surface area contributed by atoms with Gasteiger partial charge in [0.05, 0.1) is 17.4 Å². The lowest BCUT2D eigenvalue weighted by molar-refractivity contribution is 0.261. The van der Waals surface area contributed by atoms with Crippen LogP contribution in [-0.4, -0.2) is 47.6 Å². The summed E-state index contributed by atoms with van der Waals surface area (Å²) in [5, 5.41) is 0. The zero-order valence-electron chi connectivity index (χ0n) is 13.3. The number of aromatic amines is 1. The molecule has 23 heavy (non-hydrogen) atoms. The third-order valence-corrected chi connectivity index (χ3v) is 4.70. The number of benzene rings is 2. The molecule has 4 rings (SSSR count). The molecule has 1 aliphatic heterocycles. The molecule has 2 heterocycles. The van der Waals surface area contributed by atoms with Gasteiger partial charge < -0.3 is 9.88 Å². The molecule has 0 atom stereocenters. The molecule has 1 saturated heterocycles. The van der Waals surface area contributed by atoms with Gasteiger partial charge in [-0.3, -0.25) is 4.90 Å². The van der Waals surface area contributed by atoms with E-state index in [0.29, 0.717) is 0 Å². The number of rotatable bonds is 4. The molecule has 1 aliphatic rings. The average molecular weight is 306 g/mol. The van der Waals surface area contributed by atoms with Crippen LogP contribution in [0.4, 0.5) is 5.69 Å². The predicted octanol–water partition coefficient (Wildman–Crippen LogP) is 2.93. The van der Waals surface area contributed by atoms with Crippen LogP contribution < -0.4 is 4.90 Å². The van der Waals surface area contributed by atoms with Gasteiger partial charge in [-0.05, 0) is 30.2 Å². The molecule has 2 aromatic carbocycles. The summed E-state index contributed by atoms with van der Waals surface area (Å²) in [5.74, 6) is 0. The second-order valence-electron chi connectivity index (χ2n) is 6.17. The Kier molecular flexibility index (Phi) is 3.99. The summed E-state index contributed by atoms with van der Waals surface area (Å²) in [5.41, 5.74) is 4.88. The van der Waals surface area contributed by atoms with Crippen molar-refractivity contribution in [2.45, 2.75) is 6.42 Å². The minimum atomic E-state index is 1.04. The van der Waals surface area contributed by atoms with Crippen molar-refractivity contribution in [2.24, 2.45) is 0 Å². The number of piperazine rings is 1. The molecule has 118 valence electrons. The Bertz CT molecular complexity index is 757. The summed E-state index contributed by atoms with van der Waals surface area (Å²) in [6, 6.07) is 17.3. The van der Waals surface area contributed by atoms with Crippen LogP contribution in [-0.2, 0) is 6.42 Å². The summed E-state index contributed by atoms with van der Waals surface area (Å²) in [6.45, 7) is 5.60. The van der Waals surface area contributed by atoms with Crippen molar-refractivity contribution in [2.75, 3.05) is 37.6 Å². The Hall–Kier alpha value is -2.33. The van der Waals surface area contributed by atoms with E-state index < -0.39 is 0 Å². The van der Waals surface area contributed by atoms with E-state index in [1.165, 1.54) is 11.3 Å². The maximum atomic E-state index is 4.29. The summed E-state index contributed by atoms with van der Waals surface area (Å²) in [4.78, 5) is 12.5. The van der Waals surface area contributed by atoms with Crippen LogP contribution in [0.1, 0.15) is 5.56 Å². The van der Waals surface area contributed by atoms with Crippen LogP contribution in [0.2, 0.25) is 0 Å². The van der Waals surface area contributed by atoms with Crippen LogP contribution >= 0.6 is 0 Å². The fourth-order valence-electron chi connectivity index (χ4n) is 3.28. The highest BCUT2D eigenvalue weighted by atomic mass is 15.3. The van der Waals surface area contributed by atoms with E-state index in [4.69, 9.17) is 0 Å². The number of fused-ring (bicyclic) bond motifs is 1. The lowest BCUT2D eigenvalue weighted by Gasteiger charge is -2.36. The molecule has 0 radical (unpaired) electrons. The van der Waals surface area contributed by atoms with Gasteiger partial charge in [-0.1, -0.05) is 30.3 Å². The lowest BCUT2D eigenvalue weighted by atomic mass is 10.1. The highest BCUT2D eigenvalue weighted by molar-refractivity contribution is 5.79. The smallest absolute Gasteiger partial charge is 0.0931 e. The third-order valence-electron chi connectivity index (χ3n) is 4.70.